The quantitative estimate of drug-likeness (QED) is 0.159. The standard InChI is InChI=1S/C13H9.C12H10Si.C6H13NO.2ClH.Zr/c1-3-7-12-10(5-1)9-11-6-2-4-8-13(11)12;1-3-7-11(8-4-1)13-12-9-5-2-6-10-12;1-2-3-4-5-6(7)8;;;/h1-9H;1-10H;2-5H2,1H3,(H2,7,8);2*1H;/q-1;;;;;+4/p-3. The summed E-state index contributed by atoms with van der Waals surface area (Å²) in [5.41, 5.74) is 6.52. The van der Waals surface area contributed by atoms with Gasteiger partial charge in [-0.15, -0.1) is 39.7 Å². The number of hydrogen-bond donors (Lipinski definition) is 0. The summed E-state index contributed by atoms with van der Waals surface area (Å²) in [7, 11) is 0.777. The van der Waals surface area contributed by atoms with E-state index in [9.17, 15) is 4.79 Å². The van der Waals surface area contributed by atoms with Gasteiger partial charge in [0, 0.05) is 5.91 Å². The van der Waals surface area contributed by atoms with E-state index in [2.05, 4.69) is 122 Å². The summed E-state index contributed by atoms with van der Waals surface area (Å²) >= 11 is 0. The van der Waals surface area contributed by atoms with Gasteiger partial charge in [0.2, 0.25) is 0 Å². The van der Waals surface area contributed by atoms with E-state index in [1.54, 1.807) is 0 Å². The molecular weight excluding hydrogens is 593 g/mol. The summed E-state index contributed by atoms with van der Waals surface area (Å²) in [6.45, 7) is 2.08. The van der Waals surface area contributed by atoms with Crippen LogP contribution in [-0.2, 0) is 31.0 Å². The maximum Gasteiger partial charge on any atom is 4.00 e. The molecule has 5 aromatic carbocycles. The Kier molecular flexibility index (Phi) is 18.8. The van der Waals surface area contributed by atoms with E-state index in [0.29, 0.717) is 6.42 Å². The number of halogens is 2. The minimum absolute atomic E-state index is 0. The van der Waals surface area contributed by atoms with Crippen LogP contribution in [0.2, 0.25) is 0 Å². The SMILES string of the molecule is CCCCCC([NH-])=O.[Cl-].[Cl-].[Zr+4].c1ccc([Si]c2ccccc2)cc1.c1ccc2c(c1)[cH-]c1ccccc12. The maximum absolute atomic E-state index is 9.99. The van der Waals surface area contributed by atoms with Crippen LogP contribution in [0.5, 0.6) is 0 Å². The van der Waals surface area contributed by atoms with Crippen molar-refractivity contribution in [3.63, 3.8) is 0 Å². The summed E-state index contributed by atoms with van der Waals surface area (Å²) in [5.74, 6) is -0.432. The second kappa shape index (κ2) is 19.9. The molecule has 0 saturated carbocycles. The Morgan fingerprint density at radius 2 is 1.08 bits per heavy atom. The second-order valence-electron chi connectivity index (χ2n) is 8.06. The van der Waals surface area contributed by atoms with Gasteiger partial charge in [0.1, 0.15) is 9.52 Å². The van der Waals surface area contributed by atoms with Crippen LogP contribution in [0, 0.1) is 0 Å². The van der Waals surface area contributed by atoms with Crippen molar-refractivity contribution in [3.8, 4) is 0 Å². The van der Waals surface area contributed by atoms with Gasteiger partial charge in [-0.05, 0) is 12.8 Å². The largest absolute Gasteiger partial charge is 4.00 e. The molecule has 0 fully saturated rings. The van der Waals surface area contributed by atoms with Crippen molar-refractivity contribution >= 4 is 47.3 Å². The maximum atomic E-state index is 9.99. The minimum Gasteiger partial charge on any atom is -1.00 e. The molecule has 1 N–H and O–H groups in total. The number of unbranched alkanes of at least 4 members (excludes halogenated alkanes) is 2. The van der Waals surface area contributed by atoms with Crippen LogP contribution in [0.25, 0.3) is 27.3 Å². The monoisotopic (exact) mass is 621 g/mol. The van der Waals surface area contributed by atoms with E-state index in [-0.39, 0.29) is 51.0 Å². The summed E-state index contributed by atoms with van der Waals surface area (Å²) < 4.78 is 0. The van der Waals surface area contributed by atoms with Crippen molar-refractivity contribution in [2.24, 2.45) is 0 Å². The number of amides is 1. The smallest absolute Gasteiger partial charge is 1.00 e. The van der Waals surface area contributed by atoms with Crippen LogP contribution in [0.3, 0.4) is 0 Å². The van der Waals surface area contributed by atoms with Gasteiger partial charge in [0.25, 0.3) is 0 Å². The third kappa shape index (κ3) is 12.3. The number of hydrogen-bond acceptors (Lipinski definition) is 1. The molecule has 188 valence electrons. The minimum atomic E-state index is -0.432. The average molecular weight is 624 g/mol. The molecule has 0 saturated heterocycles. The number of carbonyl (C=O) groups excluding carboxylic acids is 1. The normalized spacial score (nSPS) is 9.32. The van der Waals surface area contributed by atoms with Gasteiger partial charge in [0.15, 0.2) is 0 Å². The third-order valence-corrected chi connectivity index (χ3v) is 6.61. The van der Waals surface area contributed by atoms with Gasteiger partial charge in [-0.25, -0.2) is 0 Å². The number of rotatable bonds is 6. The number of nitrogens with one attached hydrogen (secondary N) is 1. The van der Waals surface area contributed by atoms with Gasteiger partial charge >= 0.3 is 26.2 Å². The molecule has 0 aliphatic rings. The Hall–Kier alpha value is -2.10. The van der Waals surface area contributed by atoms with E-state index >= 15 is 0 Å². The van der Waals surface area contributed by atoms with Crippen molar-refractivity contribution in [2.45, 2.75) is 32.6 Å². The van der Waals surface area contributed by atoms with E-state index in [1.807, 2.05) is 0 Å². The average Bonchev–Trinajstić information content (AvgIpc) is 3.25. The molecule has 1 amide bonds. The van der Waals surface area contributed by atoms with E-state index in [1.165, 1.54) is 31.9 Å². The van der Waals surface area contributed by atoms with Gasteiger partial charge in [-0.3, -0.25) is 0 Å². The zero-order chi connectivity index (χ0) is 24.0. The van der Waals surface area contributed by atoms with Gasteiger partial charge in [-0.2, -0.15) is 0 Å². The first-order chi connectivity index (χ1) is 16.7. The molecule has 0 bridgehead atoms. The van der Waals surface area contributed by atoms with Gasteiger partial charge < -0.3 is 35.3 Å². The zero-order valence-electron chi connectivity index (χ0n) is 21.0. The number of fused-ring (bicyclic) bond motifs is 3. The van der Waals surface area contributed by atoms with Crippen molar-refractivity contribution < 1.29 is 55.8 Å². The molecule has 2 nitrogen and oxygen atoms in total. The zero-order valence-corrected chi connectivity index (χ0v) is 25.9. The third-order valence-electron chi connectivity index (χ3n) is 5.37. The summed E-state index contributed by atoms with van der Waals surface area (Å²) in [5, 5.41) is 8.19. The van der Waals surface area contributed by atoms with E-state index < -0.39 is 5.91 Å². The van der Waals surface area contributed by atoms with Crippen molar-refractivity contribution in [2.75, 3.05) is 0 Å². The fraction of sp³-hybridized carbons (Fsp3) is 0.161. The predicted molar refractivity (Wildman–Crippen MR) is 148 cm³/mol. The Balaban J connectivity index is 0.000000522. The van der Waals surface area contributed by atoms with Gasteiger partial charge in [0.05, 0.1) is 0 Å². The van der Waals surface area contributed by atoms with Crippen molar-refractivity contribution in [1.82, 2.24) is 0 Å². The molecule has 0 aliphatic heterocycles. The number of benzene rings is 4. The second-order valence-corrected chi connectivity index (χ2v) is 9.46. The molecule has 0 unspecified atom stereocenters. The summed E-state index contributed by atoms with van der Waals surface area (Å²) in [6, 6.07) is 40.4. The molecule has 0 atom stereocenters. The van der Waals surface area contributed by atoms with E-state index in [4.69, 9.17) is 5.73 Å². The van der Waals surface area contributed by atoms with E-state index in [0.717, 1.165) is 28.8 Å². The first-order valence-electron chi connectivity index (χ1n) is 11.8. The Labute approximate surface area is 255 Å². The summed E-state index contributed by atoms with van der Waals surface area (Å²) in [6.07, 6.45) is 3.52. The first kappa shape index (κ1) is 34.9. The molecule has 0 heterocycles. The van der Waals surface area contributed by atoms with Crippen LogP contribution in [0.1, 0.15) is 32.6 Å². The Morgan fingerprint density at radius 3 is 1.49 bits per heavy atom. The fourth-order valence-electron chi connectivity index (χ4n) is 3.65. The molecule has 0 aliphatic carbocycles. The van der Waals surface area contributed by atoms with Crippen LogP contribution < -0.4 is 35.2 Å². The van der Waals surface area contributed by atoms with Crippen LogP contribution in [0.4, 0.5) is 0 Å². The number of carbonyl (C=O) groups is 1. The molecule has 5 rings (SSSR count). The topological polar surface area (TPSA) is 40.9 Å². The fourth-order valence-corrected chi connectivity index (χ4v) is 4.70. The molecule has 2 radical (unpaired) electrons. The van der Waals surface area contributed by atoms with Gasteiger partial charge in [-0.1, -0.05) is 127 Å². The van der Waals surface area contributed by atoms with Crippen LogP contribution >= 0.6 is 0 Å². The Morgan fingerprint density at radius 1 is 0.676 bits per heavy atom. The van der Waals surface area contributed by atoms with Crippen LogP contribution in [0.15, 0.2) is 115 Å². The van der Waals surface area contributed by atoms with Crippen molar-refractivity contribution in [3.05, 3.63) is 121 Å². The molecule has 0 spiro atoms. The first-order valence-corrected chi connectivity index (χ1v) is 12.8. The molecule has 6 heteroatoms. The molecular formula is C31H31Cl2NOSiZr. The predicted octanol–water partition coefficient (Wildman–Crippen LogP) is 1.20. The summed E-state index contributed by atoms with van der Waals surface area (Å²) in [4.78, 5) is 9.99. The van der Waals surface area contributed by atoms with Crippen LogP contribution in [-0.4, -0.2) is 15.4 Å². The van der Waals surface area contributed by atoms with Crippen molar-refractivity contribution in [1.29, 1.82) is 0 Å². The Bertz CT molecular complexity index is 1190. The molecule has 0 aromatic heterocycles. The molecule has 5 aromatic rings. The molecule has 37 heavy (non-hydrogen) atoms.